The van der Waals surface area contributed by atoms with Crippen LogP contribution in [-0.4, -0.2) is 29.9 Å². The molecule has 0 bridgehead atoms. The highest BCUT2D eigenvalue weighted by molar-refractivity contribution is 7.80. The van der Waals surface area contributed by atoms with Gasteiger partial charge < -0.3 is 10.1 Å². The third-order valence-corrected chi connectivity index (χ3v) is 3.60. The molecule has 0 aromatic rings. The lowest BCUT2D eigenvalue weighted by Crippen LogP contribution is -2.55. The van der Waals surface area contributed by atoms with E-state index in [1.165, 1.54) is 0 Å². The van der Waals surface area contributed by atoms with E-state index in [9.17, 15) is 13.2 Å². The predicted molar refractivity (Wildman–Crippen MR) is 57.3 cm³/mol. The van der Waals surface area contributed by atoms with Crippen molar-refractivity contribution in [2.45, 2.75) is 44.1 Å². The van der Waals surface area contributed by atoms with E-state index in [0.29, 0.717) is 4.99 Å². The minimum absolute atomic E-state index is 0.158. The van der Waals surface area contributed by atoms with Crippen LogP contribution in [0.1, 0.15) is 25.7 Å². The van der Waals surface area contributed by atoms with Crippen LogP contribution in [0.5, 0.6) is 0 Å². The number of hydrogen-bond donors (Lipinski definition) is 1. The molecule has 1 aliphatic carbocycles. The first-order valence-corrected chi connectivity index (χ1v) is 5.89. The summed E-state index contributed by atoms with van der Waals surface area (Å²) in [5.74, 6) is 0.158. The number of rotatable bonds is 1. The van der Waals surface area contributed by atoms with Crippen molar-refractivity contribution in [2.75, 3.05) is 6.54 Å². The largest absolute Gasteiger partial charge is 0.416 e. The van der Waals surface area contributed by atoms with E-state index in [1.807, 2.05) is 0 Å². The molecule has 0 aromatic heterocycles. The molecule has 0 radical (unpaired) electrons. The van der Waals surface area contributed by atoms with E-state index in [1.54, 1.807) is 0 Å². The first kappa shape index (κ1) is 12.1. The van der Waals surface area contributed by atoms with Gasteiger partial charge in [0.15, 0.2) is 6.10 Å². The van der Waals surface area contributed by atoms with Crippen LogP contribution in [0.25, 0.3) is 0 Å². The van der Waals surface area contributed by atoms with Crippen molar-refractivity contribution in [3.8, 4) is 0 Å². The van der Waals surface area contributed by atoms with Crippen LogP contribution >= 0.6 is 12.2 Å². The Labute approximate surface area is 97.5 Å². The van der Waals surface area contributed by atoms with Crippen LogP contribution in [0.15, 0.2) is 0 Å². The molecule has 2 fully saturated rings. The Hall–Kier alpha value is -0.360. The average molecular weight is 253 g/mol. The van der Waals surface area contributed by atoms with E-state index in [4.69, 9.17) is 17.0 Å². The van der Waals surface area contributed by atoms with Crippen molar-refractivity contribution in [2.24, 2.45) is 5.92 Å². The van der Waals surface area contributed by atoms with E-state index in [-0.39, 0.29) is 12.5 Å². The topological polar surface area (TPSA) is 21.3 Å². The molecule has 16 heavy (non-hydrogen) atoms. The maximum atomic E-state index is 12.5. The Morgan fingerprint density at radius 2 is 1.88 bits per heavy atom. The highest BCUT2D eigenvalue weighted by Crippen LogP contribution is 2.34. The summed E-state index contributed by atoms with van der Waals surface area (Å²) in [6.07, 6.45) is -2.62. The first-order chi connectivity index (χ1) is 7.48. The van der Waals surface area contributed by atoms with Gasteiger partial charge in [0.2, 0.25) is 0 Å². The highest BCUT2D eigenvalue weighted by atomic mass is 32.1. The minimum atomic E-state index is -4.31. The number of ether oxygens (including phenoxy) is 1. The molecule has 2 nitrogen and oxygen atoms in total. The lowest BCUT2D eigenvalue weighted by Gasteiger charge is -2.35. The SMILES string of the molecule is FC(F)(F)[C@@H]1CNC(=S)[C@H](C2CCCC2)O1. The second kappa shape index (κ2) is 4.49. The fraction of sp³-hybridized carbons (Fsp3) is 0.900. The maximum Gasteiger partial charge on any atom is 0.416 e. The zero-order valence-electron chi connectivity index (χ0n) is 8.72. The van der Waals surface area contributed by atoms with Crippen LogP contribution in [0.4, 0.5) is 13.2 Å². The smallest absolute Gasteiger partial charge is 0.375 e. The summed E-state index contributed by atoms with van der Waals surface area (Å²) in [6.45, 7) is -0.258. The van der Waals surface area contributed by atoms with Gasteiger partial charge in [-0.1, -0.05) is 25.1 Å². The monoisotopic (exact) mass is 253 g/mol. The van der Waals surface area contributed by atoms with Crippen molar-refractivity contribution < 1.29 is 17.9 Å². The molecule has 1 saturated heterocycles. The zero-order chi connectivity index (χ0) is 11.8. The lowest BCUT2D eigenvalue weighted by atomic mass is 9.99. The molecule has 1 saturated carbocycles. The summed E-state index contributed by atoms with van der Waals surface area (Å²) in [5, 5.41) is 2.65. The number of alkyl halides is 3. The minimum Gasteiger partial charge on any atom is -0.375 e. The van der Waals surface area contributed by atoms with Gasteiger partial charge in [0, 0.05) is 0 Å². The van der Waals surface area contributed by atoms with Gasteiger partial charge in [-0.15, -0.1) is 0 Å². The molecule has 2 atom stereocenters. The van der Waals surface area contributed by atoms with Gasteiger partial charge in [-0.25, -0.2) is 0 Å². The first-order valence-electron chi connectivity index (χ1n) is 5.48. The van der Waals surface area contributed by atoms with Crippen molar-refractivity contribution in [1.82, 2.24) is 5.32 Å². The van der Waals surface area contributed by atoms with E-state index in [2.05, 4.69) is 5.32 Å². The van der Waals surface area contributed by atoms with Crippen molar-refractivity contribution >= 4 is 17.2 Å². The zero-order valence-corrected chi connectivity index (χ0v) is 9.53. The average Bonchev–Trinajstić information content (AvgIpc) is 2.69. The van der Waals surface area contributed by atoms with E-state index < -0.39 is 18.4 Å². The molecule has 0 unspecified atom stereocenters. The molecule has 92 valence electrons. The summed E-state index contributed by atoms with van der Waals surface area (Å²) in [5.41, 5.74) is 0. The van der Waals surface area contributed by atoms with Crippen molar-refractivity contribution in [1.29, 1.82) is 0 Å². The van der Waals surface area contributed by atoms with Gasteiger partial charge in [0.1, 0.15) is 11.1 Å². The number of hydrogen-bond acceptors (Lipinski definition) is 2. The second-order valence-electron chi connectivity index (χ2n) is 4.38. The molecular weight excluding hydrogens is 239 g/mol. The van der Waals surface area contributed by atoms with E-state index in [0.717, 1.165) is 25.7 Å². The number of morpholine rings is 1. The summed E-state index contributed by atoms with van der Waals surface area (Å²) in [4.78, 5) is 0.437. The maximum absolute atomic E-state index is 12.5. The molecular formula is C10H14F3NOS. The predicted octanol–water partition coefficient (Wildman–Crippen LogP) is 2.42. The number of thiocarbonyl (C=S) groups is 1. The van der Waals surface area contributed by atoms with Crippen LogP contribution in [0.2, 0.25) is 0 Å². The van der Waals surface area contributed by atoms with Crippen LogP contribution < -0.4 is 5.32 Å². The summed E-state index contributed by atoms with van der Waals surface area (Å²) >= 11 is 5.04. The van der Waals surface area contributed by atoms with Crippen LogP contribution in [0, 0.1) is 5.92 Å². The van der Waals surface area contributed by atoms with Gasteiger partial charge >= 0.3 is 6.18 Å². The van der Waals surface area contributed by atoms with E-state index >= 15 is 0 Å². The van der Waals surface area contributed by atoms with Gasteiger partial charge in [-0.3, -0.25) is 0 Å². The van der Waals surface area contributed by atoms with Crippen LogP contribution in [-0.2, 0) is 4.74 Å². The summed E-state index contributed by atoms with van der Waals surface area (Å²) in [6, 6.07) is 0. The highest BCUT2D eigenvalue weighted by Gasteiger charge is 2.46. The van der Waals surface area contributed by atoms with Crippen molar-refractivity contribution in [3.63, 3.8) is 0 Å². The normalized spacial score (nSPS) is 32.8. The quantitative estimate of drug-likeness (QED) is 0.725. The molecule has 1 N–H and O–H groups in total. The molecule has 1 aliphatic heterocycles. The Kier molecular flexibility index (Phi) is 3.39. The van der Waals surface area contributed by atoms with Gasteiger partial charge in [0.05, 0.1) is 6.54 Å². The molecule has 6 heteroatoms. The summed E-state index contributed by atoms with van der Waals surface area (Å²) < 4.78 is 42.7. The standard InChI is InChI=1S/C10H14F3NOS/c11-10(12,13)7-5-14-9(16)8(15-7)6-3-1-2-4-6/h6-8H,1-5H2,(H,14,16)/t7-,8-/m0/s1. The Bertz CT molecular complexity index is 276. The summed E-state index contributed by atoms with van der Waals surface area (Å²) in [7, 11) is 0. The van der Waals surface area contributed by atoms with Gasteiger partial charge in [0.25, 0.3) is 0 Å². The third-order valence-electron chi connectivity index (χ3n) is 3.22. The molecule has 0 spiro atoms. The third kappa shape index (κ3) is 2.48. The molecule has 0 amide bonds. The number of nitrogens with one attached hydrogen (secondary N) is 1. The van der Waals surface area contributed by atoms with Gasteiger partial charge in [-0.2, -0.15) is 13.2 Å². The molecule has 0 aromatic carbocycles. The molecule has 2 aliphatic rings. The Morgan fingerprint density at radius 1 is 1.25 bits per heavy atom. The molecule has 1 heterocycles. The second-order valence-corrected chi connectivity index (χ2v) is 4.82. The Balaban J connectivity index is 2.02. The number of halogens is 3. The van der Waals surface area contributed by atoms with Crippen LogP contribution in [0.3, 0.4) is 0 Å². The van der Waals surface area contributed by atoms with Crippen molar-refractivity contribution in [3.05, 3.63) is 0 Å². The fourth-order valence-corrected chi connectivity index (χ4v) is 2.69. The lowest BCUT2D eigenvalue weighted by molar-refractivity contribution is -0.231. The van der Waals surface area contributed by atoms with Gasteiger partial charge in [-0.05, 0) is 18.8 Å². The Morgan fingerprint density at radius 3 is 2.44 bits per heavy atom. The fourth-order valence-electron chi connectivity index (χ4n) is 2.36. The molecule has 2 rings (SSSR count).